The molecule has 0 N–H and O–H groups in total. The first-order valence-corrected chi connectivity index (χ1v) is 6.47. The van der Waals surface area contributed by atoms with Gasteiger partial charge in [-0.1, -0.05) is 29.8 Å². The highest BCUT2D eigenvalue weighted by atomic mass is 35.5. The lowest BCUT2D eigenvalue weighted by molar-refractivity contribution is 0.414. The molecule has 2 aromatic rings. The number of rotatable bonds is 3. The standard InChI is InChI=1S/C15H14Cl2O/c1-10-9-12(16)5-8-14(10)15(17)11-3-6-13(18-2)7-4-11/h3-9,15H,1-2H3. The number of ether oxygens (including phenoxy) is 1. The first-order valence-electron chi connectivity index (χ1n) is 5.66. The second-order valence-corrected chi connectivity index (χ2v) is 5.01. The van der Waals surface area contributed by atoms with E-state index in [0.717, 1.165) is 27.5 Å². The first kappa shape index (κ1) is 13.3. The third kappa shape index (κ3) is 2.80. The highest BCUT2D eigenvalue weighted by molar-refractivity contribution is 6.30. The molecule has 1 atom stereocenters. The molecule has 0 heterocycles. The van der Waals surface area contributed by atoms with Gasteiger partial charge in [-0.25, -0.2) is 0 Å². The Morgan fingerprint density at radius 1 is 1.06 bits per heavy atom. The average Bonchev–Trinajstić information content (AvgIpc) is 2.38. The van der Waals surface area contributed by atoms with Crippen LogP contribution in [0.4, 0.5) is 0 Å². The Morgan fingerprint density at radius 3 is 2.28 bits per heavy atom. The van der Waals surface area contributed by atoms with Crippen molar-refractivity contribution in [3.8, 4) is 5.75 Å². The number of hydrogen-bond acceptors (Lipinski definition) is 1. The van der Waals surface area contributed by atoms with Crippen molar-refractivity contribution in [2.75, 3.05) is 7.11 Å². The molecule has 2 rings (SSSR count). The molecule has 18 heavy (non-hydrogen) atoms. The highest BCUT2D eigenvalue weighted by Crippen LogP contribution is 2.32. The lowest BCUT2D eigenvalue weighted by Crippen LogP contribution is -1.96. The molecule has 0 bridgehead atoms. The molecule has 0 aliphatic rings. The van der Waals surface area contributed by atoms with Crippen molar-refractivity contribution in [1.82, 2.24) is 0 Å². The largest absolute Gasteiger partial charge is 0.497 e. The third-order valence-corrected chi connectivity index (χ3v) is 3.64. The Bertz CT molecular complexity index is 535. The molecule has 1 nitrogen and oxygen atoms in total. The minimum absolute atomic E-state index is 0.173. The van der Waals surface area contributed by atoms with Crippen molar-refractivity contribution < 1.29 is 4.74 Å². The minimum atomic E-state index is -0.173. The molecule has 0 aliphatic heterocycles. The molecule has 0 radical (unpaired) electrons. The fourth-order valence-electron chi connectivity index (χ4n) is 1.88. The molecular weight excluding hydrogens is 267 g/mol. The smallest absolute Gasteiger partial charge is 0.118 e. The van der Waals surface area contributed by atoms with Gasteiger partial charge in [0.1, 0.15) is 5.75 Å². The van der Waals surface area contributed by atoms with Crippen molar-refractivity contribution in [3.05, 3.63) is 64.2 Å². The van der Waals surface area contributed by atoms with Crippen LogP contribution in [0.15, 0.2) is 42.5 Å². The topological polar surface area (TPSA) is 9.23 Å². The fourth-order valence-corrected chi connectivity index (χ4v) is 2.49. The summed E-state index contributed by atoms with van der Waals surface area (Å²) in [6.45, 7) is 2.01. The van der Waals surface area contributed by atoms with Gasteiger partial charge in [-0.3, -0.25) is 0 Å². The number of benzene rings is 2. The predicted molar refractivity (Wildman–Crippen MR) is 76.9 cm³/mol. The first-order chi connectivity index (χ1) is 8.61. The fraction of sp³-hybridized carbons (Fsp3) is 0.200. The van der Waals surface area contributed by atoms with E-state index in [1.165, 1.54) is 0 Å². The Labute approximate surface area is 117 Å². The van der Waals surface area contributed by atoms with Crippen LogP contribution < -0.4 is 4.74 Å². The van der Waals surface area contributed by atoms with E-state index >= 15 is 0 Å². The summed E-state index contributed by atoms with van der Waals surface area (Å²) in [6.07, 6.45) is 0. The summed E-state index contributed by atoms with van der Waals surface area (Å²) >= 11 is 12.4. The summed E-state index contributed by atoms with van der Waals surface area (Å²) in [7, 11) is 1.65. The average molecular weight is 281 g/mol. The Hall–Kier alpha value is -1.18. The van der Waals surface area contributed by atoms with E-state index < -0.39 is 0 Å². The number of methoxy groups -OCH3 is 1. The Balaban J connectivity index is 2.31. The van der Waals surface area contributed by atoms with Crippen molar-refractivity contribution in [2.24, 2.45) is 0 Å². The molecule has 0 amide bonds. The van der Waals surface area contributed by atoms with Crippen LogP contribution in [0, 0.1) is 6.92 Å². The summed E-state index contributed by atoms with van der Waals surface area (Å²) in [6, 6.07) is 13.5. The molecule has 3 heteroatoms. The Morgan fingerprint density at radius 2 is 1.72 bits per heavy atom. The van der Waals surface area contributed by atoms with Gasteiger partial charge in [-0.2, -0.15) is 0 Å². The van der Waals surface area contributed by atoms with Gasteiger partial charge >= 0.3 is 0 Å². The van der Waals surface area contributed by atoms with E-state index in [1.807, 2.05) is 49.4 Å². The third-order valence-electron chi connectivity index (χ3n) is 2.91. The van der Waals surface area contributed by atoms with Crippen LogP contribution in [-0.4, -0.2) is 7.11 Å². The van der Waals surface area contributed by atoms with Gasteiger partial charge in [0.15, 0.2) is 0 Å². The zero-order valence-corrected chi connectivity index (χ0v) is 11.8. The van der Waals surface area contributed by atoms with Gasteiger partial charge < -0.3 is 4.74 Å². The number of aryl methyl sites for hydroxylation is 1. The lowest BCUT2D eigenvalue weighted by Gasteiger charge is -2.14. The molecule has 94 valence electrons. The summed E-state index contributed by atoms with van der Waals surface area (Å²) in [5.74, 6) is 0.829. The van der Waals surface area contributed by atoms with E-state index in [1.54, 1.807) is 7.11 Å². The zero-order chi connectivity index (χ0) is 13.1. The molecule has 0 spiro atoms. The maximum absolute atomic E-state index is 6.50. The van der Waals surface area contributed by atoms with E-state index in [-0.39, 0.29) is 5.38 Å². The van der Waals surface area contributed by atoms with Crippen molar-refractivity contribution in [1.29, 1.82) is 0 Å². The summed E-state index contributed by atoms with van der Waals surface area (Å²) in [5.41, 5.74) is 3.22. The monoisotopic (exact) mass is 280 g/mol. The van der Waals surface area contributed by atoms with Crippen LogP contribution in [-0.2, 0) is 0 Å². The normalized spacial score (nSPS) is 12.2. The molecule has 1 unspecified atom stereocenters. The van der Waals surface area contributed by atoms with Gasteiger partial charge in [-0.05, 0) is 47.9 Å². The van der Waals surface area contributed by atoms with E-state index in [9.17, 15) is 0 Å². The van der Waals surface area contributed by atoms with Crippen LogP contribution in [0.3, 0.4) is 0 Å². The van der Waals surface area contributed by atoms with Crippen LogP contribution in [0.25, 0.3) is 0 Å². The number of hydrogen-bond donors (Lipinski definition) is 0. The molecular formula is C15H14Cl2O. The molecule has 0 aliphatic carbocycles. The van der Waals surface area contributed by atoms with Crippen LogP contribution in [0.5, 0.6) is 5.75 Å². The van der Waals surface area contributed by atoms with Crippen molar-refractivity contribution in [2.45, 2.75) is 12.3 Å². The van der Waals surface area contributed by atoms with E-state index in [0.29, 0.717) is 0 Å². The number of alkyl halides is 1. The summed E-state index contributed by atoms with van der Waals surface area (Å²) in [5, 5.41) is 0.558. The lowest BCUT2D eigenvalue weighted by atomic mass is 10.00. The van der Waals surface area contributed by atoms with Gasteiger partial charge in [0.05, 0.1) is 12.5 Å². The molecule has 2 aromatic carbocycles. The van der Waals surface area contributed by atoms with Crippen LogP contribution in [0.1, 0.15) is 22.1 Å². The summed E-state index contributed by atoms with van der Waals surface area (Å²) < 4.78 is 5.13. The van der Waals surface area contributed by atoms with Crippen molar-refractivity contribution >= 4 is 23.2 Å². The van der Waals surface area contributed by atoms with Gasteiger partial charge in [0.25, 0.3) is 0 Å². The zero-order valence-electron chi connectivity index (χ0n) is 10.3. The highest BCUT2D eigenvalue weighted by Gasteiger charge is 2.13. The molecule has 0 aromatic heterocycles. The number of halogens is 2. The predicted octanol–water partition coefficient (Wildman–Crippen LogP) is 4.99. The SMILES string of the molecule is COc1ccc(C(Cl)c2ccc(Cl)cc2C)cc1. The molecule has 0 fully saturated rings. The second kappa shape index (κ2) is 5.64. The van der Waals surface area contributed by atoms with Crippen LogP contribution in [0.2, 0.25) is 5.02 Å². The second-order valence-electron chi connectivity index (χ2n) is 4.14. The Kier molecular flexibility index (Phi) is 4.15. The van der Waals surface area contributed by atoms with E-state index in [2.05, 4.69) is 0 Å². The van der Waals surface area contributed by atoms with Gasteiger partial charge in [-0.15, -0.1) is 11.6 Å². The molecule has 0 saturated heterocycles. The van der Waals surface area contributed by atoms with Gasteiger partial charge in [0, 0.05) is 5.02 Å². The van der Waals surface area contributed by atoms with Crippen molar-refractivity contribution in [3.63, 3.8) is 0 Å². The summed E-state index contributed by atoms with van der Waals surface area (Å²) in [4.78, 5) is 0. The minimum Gasteiger partial charge on any atom is -0.497 e. The molecule has 0 saturated carbocycles. The maximum Gasteiger partial charge on any atom is 0.118 e. The van der Waals surface area contributed by atoms with Crippen LogP contribution >= 0.6 is 23.2 Å². The quantitative estimate of drug-likeness (QED) is 0.720. The van der Waals surface area contributed by atoms with E-state index in [4.69, 9.17) is 27.9 Å². The van der Waals surface area contributed by atoms with Gasteiger partial charge in [0.2, 0.25) is 0 Å². The maximum atomic E-state index is 6.50.